The second kappa shape index (κ2) is 8.22. The molecule has 0 saturated carbocycles. The third kappa shape index (κ3) is 4.38. The molecule has 3 rings (SSSR count). The molecule has 0 saturated heterocycles. The van der Waals surface area contributed by atoms with E-state index >= 15 is 0 Å². The van der Waals surface area contributed by atoms with Crippen LogP contribution in [0.2, 0.25) is 0 Å². The minimum Gasteiger partial charge on any atom is -0.508 e. The van der Waals surface area contributed by atoms with Crippen LogP contribution in [0.5, 0.6) is 34.5 Å². The summed E-state index contributed by atoms with van der Waals surface area (Å²) >= 11 is 0. The van der Waals surface area contributed by atoms with Gasteiger partial charge in [-0.1, -0.05) is 0 Å². The molecule has 0 unspecified atom stereocenters. The van der Waals surface area contributed by atoms with Crippen molar-refractivity contribution in [1.82, 2.24) is 0 Å². The molecule has 29 heavy (non-hydrogen) atoms. The molecule has 0 radical (unpaired) electrons. The lowest BCUT2D eigenvalue weighted by Gasteiger charge is -2.14. The minimum atomic E-state index is -0.819. The second-order valence-electron chi connectivity index (χ2n) is 5.82. The van der Waals surface area contributed by atoms with Crippen molar-refractivity contribution in [1.29, 1.82) is 0 Å². The Labute approximate surface area is 165 Å². The summed E-state index contributed by atoms with van der Waals surface area (Å²) in [6.45, 7) is 0. The first-order chi connectivity index (χ1) is 13.9. The van der Waals surface area contributed by atoms with Crippen molar-refractivity contribution in [2.24, 2.45) is 0 Å². The van der Waals surface area contributed by atoms with E-state index in [1.54, 1.807) is 0 Å². The van der Waals surface area contributed by atoms with Gasteiger partial charge >= 0.3 is 11.9 Å². The van der Waals surface area contributed by atoms with Crippen LogP contribution in [0, 0.1) is 0 Å². The third-order valence-electron chi connectivity index (χ3n) is 3.88. The van der Waals surface area contributed by atoms with E-state index in [4.69, 9.17) is 14.2 Å². The summed E-state index contributed by atoms with van der Waals surface area (Å²) in [4.78, 5) is 24.6. The number of aromatic hydroxyl groups is 3. The monoisotopic (exact) mass is 396 g/mol. The van der Waals surface area contributed by atoms with Gasteiger partial charge in [0.15, 0.2) is 11.5 Å². The number of hydrogen-bond donors (Lipinski definition) is 3. The molecular formula is C21H16O8. The van der Waals surface area contributed by atoms with Gasteiger partial charge in [-0.25, -0.2) is 9.59 Å². The van der Waals surface area contributed by atoms with Crippen molar-refractivity contribution in [3.63, 3.8) is 0 Å². The fourth-order valence-corrected chi connectivity index (χ4v) is 2.38. The number of benzene rings is 3. The van der Waals surface area contributed by atoms with Crippen LogP contribution in [0.4, 0.5) is 0 Å². The summed E-state index contributed by atoms with van der Waals surface area (Å²) < 4.78 is 15.5. The fraction of sp³-hybridized carbons (Fsp3) is 0.0476. The van der Waals surface area contributed by atoms with Gasteiger partial charge in [-0.05, 0) is 60.7 Å². The Balaban J connectivity index is 1.87. The third-order valence-corrected chi connectivity index (χ3v) is 3.88. The van der Waals surface area contributed by atoms with Crippen LogP contribution in [0.3, 0.4) is 0 Å². The van der Waals surface area contributed by atoms with Crippen LogP contribution >= 0.6 is 0 Å². The molecule has 0 spiro atoms. The van der Waals surface area contributed by atoms with Gasteiger partial charge in [0, 0.05) is 0 Å². The van der Waals surface area contributed by atoms with Crippen LogP contribution in [0.1, 0.15) is 20.7 Å². The molecule has 3 aromatic rings. The van der Waals surface area contributed by atoms with Crippen molar-refractivity contribution < 1.29 is 39.1 Å². The van der Waals surface area contributed by atoms with E-state index in [1.807, 2.05) is 0 Å². The van der Waals surface area contributed by atoms with E-state index < -0.39 is 17.7 Å². The first-order valence-corrected chi connectivity index (χ1v) is 8.31. The van der Waals surface area contributed by atoms with Crippen LogP contribution in [0.15, 0.2) is 60.7 Å². The van der Waals surface area contributed by atoms with Gasteiger partial charge in [-0.3, -0.25) is 0 Å². The smallest absolute Gasteiger partial charge is 0.343 e. The molecule has 0 bridgehead atoms. The molecule has 0 aromatic heterocycles. The molecule has 0 amide bonds. The predicted molar refractivity (Wildman–Crippen MR) is 101 cm³/mol. The summed E-state index contributed by atoms with van der Waals surface area (Å²) in [6, 6.07) is 13.3. The lowest BCUT2D eigenvalue weighted by molar-refractivity contribution is 0.0718. The summed E-state index contributed by atoms with van der Waals surface area (Å²) in [5.41, 5.74) is 0.261. The Morgan fingerprint density at radius 2 is 1.10 bits per heavy atom. The van der Waals surface area contributed by atoms with Gasteiger partial charge < -0.3 is 29.5 Å². The highest BCUT2D eigenvalue weighted by Gasteiger charge is 2.22. The fourth-order valence-electron chi connectivity index (χ4n) is 2.38. The average Bonchev–Trinajstić information content (AvgIpc) is 2.72. The number of phenols is 3. The zero-order valence-corrected chi connectivity index (χ0v) is 15.2. The van der Waals surface area contributed by atoms with Crippen molar-refractivity contribution in [3.05, 3.63) is 71.8 Å². The summed E-state index contributed by atoms with van der Waals surface area (Å²) in [5.74, 6) is -2.80. The zero-order chi connectivity index (χ0) is 21.0. The number of rotatable bonds is 5. The van der Waals surface area contributed by atoms with E-state index in [9.17, 15) is 24.9 Å². The number of phenolic OH excluding ortho intramolecular Hbond substituents is 3. The average molecular weight is 396 g/mol. The van der Waals surface area contributed by atoms with Gasteiger partial charge in [0.2, 0.25) is 11.5 Å². The zero-order valence-electron chi connectivity index (χ0n) is 15.2. The van der Waals surface area contributed by atoms with Gasteiger partial charge in [0.05, 0.1) is 18.2 Å². The van der Waals surface area contributed by atoms with E-state index in [0.29, 0.717) is 0 Å². The maximum atomic E-state index is 12.3. The van der Waals surface area contributed by atoms with E-state index in [2.05, 4.69) is 0 Å². The number of hydrogen-bond acceptors (Lipinski definition) is 8. The first-order valence-electron chi connectivity index (χ1n) is 8.31. The normalized spacial score (nSPS) is 10.2. The lowest BCUT2D eigenvalue weighted by Crippen LogP contribution is -2.11. The molecule has 0 atom stereocenters. The van der Waals surface area contributed by atoms with Gasteiger partial charge in [-0.2, -0.15) is 0 Å². The molecular weight excluding hydrogens is 380 g/mol. The highest BCUT2D eigenvalue weighted by Crippen LogP contribution is 2.44. The topological polar surface area (TPSA) is 123 Å². The highest BCUT2D eigenvalue weighted by atomic mass is 16.6. The largest absolute Gasteiger partial charge is 0.508 e. The first kappa shape index (κ1) is 19.6. The Bertz CT molecular complexity index is 1040. The molecule has 8 heteroatoms. The number of ether oxygens (including phenoxy) is 3. The number of esters is 2. The number of methoxy groups -OCH3 is 1. The maximum Gasteiger partial charge on any atom is 0.343 e. The minimum absolute atomic E-state index is 0.0164. The van der Waals surface area contributed by atoms with Crippen LogP contribution in [0.25, 0.3) is 0 Å². The lowest BCUT2D eigenvalue weighted by atomic mass is 10.2. The van der Waals surface area contributed by atoms with Crippen molar-refractivity contribution in [3.8, 4) is 34.5 Å². The summed E-state index contributed by atoms with van der Waals surface area (Å²) in [7, 11) is 1.31. The summed E-state index contributed by atoms with van der Waals surface area (Å²) in [6.07, 6.45) is 0. The number of carbonyl (C=O) groups is 2. The van der Waals surface area contributed by atoms with Crippen molar-refractivity contribution in [2.75, 3.05) is 7.11 Å². The SMILES string of the molecule is COc1ccc(OC(=O)c2ccc(O)cc2)c(O)c1OC(=O)c1ccc(O)cc1. The van der Waals surface area contributed by atoms with Gasteiger partial charge in [-0.15, -0.1) is 0 Å². The van der Waals surface area contributed by atoms with Crippen molar-refractivity contribution >= 4 is 11.9 Å². The molecule has 3 aromatic carbocycles. The van der Waals surface area contributed by atoms with Gasteiger partial charge in [0.25, 0.3) is 0 Å². The Morgan fingerprint density at radius 1 is 0.655 bits per heavy atom. The maximum absolute atomic E-state index is 12.3. The Morgan fingerprint density at radius 3 is 1.59 bits per heavy atom. The van der Waals surface area contributed by atoms with Crippen LogP contribution < -0.4 is 14.2 Å². The number of carbonyl (C=O) groups excluding carboxylic acids is 2. The van der Waals surface area contributed by atoms with E-state index in [1.165, 1.54) is 67.8 Å². The Kier molecular flexibility index (Phi) is 5.54. The Hall–Kier alpha value is -4.20. The molecule has 0 heterocycles. The molecule has 148 valence electrons. The predicted octanol–water partition coefficient (Wildman–Crippen LogP) is 3.25. The molecule has 0 aliphatic carbocycles. The molecule has 3 N–H and O–H groups in total. The van der Waals surface area contributed by atoms with Crippen molar-refractivity contribution in [2.45, 2.75) is 0 Å². The standard InChI is InChI=1S/C21H16O8/c1-27-17-11-10-16(28-20(25)12-2-6-14(22)7-3-12)18(24)19(17)29-21(26)13-4-8-15(23)9-5-13/h2-11,22-24H,1H3. The van der Waals surface area contributed by atoms with E-state index in [0.717, 1.165) is 0 Å². The highest BCUT2D eigenvalue weighted by molar-refractivity contribution is 5.93. The van der Waals surface area contributed by atoms with Crippen LogP contribution in [-0.2, 0) is 0 Å². The molecule has 0 aliphatic heterocycles. The quantitative estimate of drug-likeness (QED) is 0.444. The van der Waals surface area contributed by atoms with Crippen LogP contribution in [-0.4, -0.2) is 34.4 Å². The molecule has 0 aliphatic rings. The molecule has 8 nitrogen and oxygen atoms in total. The second-order valence-corrected chi connectivity index (χ2v) is 5.82. The summed E-state index contributed by atoms with van der Waals surface area (Å²) in [5, 5.41) is 29.1. The van der Waals surface area contributed by atoms with E-state index in [-0.39, 0.29) is 39.9 Å². The molecule has 0 fully saturated rings. The van der Waals surface area contributed by atoms with Gasteiger partial charge in [0.1, 0.15) is 11.5 Å².